The van der Waals surface area contributed by atoms with Crippen LogP contribution >= 0.6 is 0 Å². The number of hydrogen-bond acceptors (Lipinski definition) is 3. The van der Waals surface area contributed by atoms with E-state index >= 15 is 0 Å². The minimum atomic E-state index is -3.82. The van der Waals surface area contributed by atoms with E-state index < -0.39 is 15.6 Å². The molecular formula is C10H11N3O3S. The molecule has 0 aliphatic heterocycles. The molecule has 17 heavy (non-hydrogen) atoms. The Morgan fingerprint density at radius 1 is 1.24 bits per heavy atom. The summed E-state index contributed by atoms with van der Waals surface area (Å²) in [6.07, 6.45) is 4.53. The molecule has 2 N–H and O–H groups in total. The number of anilines is 1. The van der Waals surface area contributed by atoms with Crippen molar-refractivity contribution in [3.8, 4) is 0 Å². The average molecular weight is 253 g/mol. The Balaban J connectivity index is 2.52. The Labute approximate surface area is 98.0 Å². The molecule has 2 heterocycles. The maximum Gasteiger partial charge on any atom is 0.269 e. The number of sulfonamides is 1. The SMILES string of the molecule is CN(c1cc[nH]c1)S(=O)(=O)c1ccc[nH]c1=O. The quantitative estimate of drug-likeness (QED) is 0.836. The lowest BCUT2D eigenvalue weighted by Gasteiger charge is -2.16. The van der Waals surface area contributed by atoms with E-state index in [1.807, 2.05) is 0 Å². The van der Waals surface area contributed by atoms with Crippen LogP contribution in [0, 0.1) is 0 Å². The molecule has 0 amide bonds. The lowest BCUT2D eigenvalue weighted by atomic mass is 10.5. The summed E-state index contributed by atoms with van der Waals surface area (Å²) in [4.78, 5) is 16.3. The number of pyridine rings is 1. The summed E-state index contributed by atoms with van der Waals surface area (Å²) < 4.78 is 25.3. The molecule has 0 aromatic carbocycles. The summed E-state index contributed by atoms with van der Waals surface area (Å²) >= 11 is 0. The third-order valence-electron chi connectivity index (χ3n) is 2.37. The van der Waals surface area contributed by atoms with Gasteiger partial charge in [0, 0.05) is 25.6 Å². The van der Waals surface area contributed by atoms with E-state index in [9.17, 15) is 13.2 Å². The fraction of sp³-hybridized carbons (Fsp3) is 0.100. The van der Waals surface area contributed by atoms with Gasteiger partial charge in [-0.05, 0) is 18.2 Å². The minimum Gasteiger partial charge on any atom is -0.366 e. The molecule has 0 fully saturated rings. The van der Waals surface area contributed by atoms with E-state index in [1.54, 1.807) is 12.3 Å². The molecule has 0 saturated carbocycles. The molecule has 0 saturated heterocycles. The van der Waals surface area contributed by atoms with E-state index in [-0.39, 0.29) is 4.90 Å². The third kappa shape index (κ3) is 1.96. The second kappa shape index (κ2) is 4.10. The maximum absolute atomic E-state index is 12.1. The fourth-order valence-corrected chi connectivity index (χ4v) is 2.64. The van der Waals surface area contributed by atoms with Crippen molar-refractivity contribution in [3.63, 3.8) is 0 Å². The monoisotopic (exact) mass is 253 g/mol. The zero-order valence-corrected chi connectivity index (χ0v) is 9.86. The van der Waals surface area contributed by atoms with Crippen LogP contribution < -0.4 is 9.86 Å². The van der Waals surface area contributed by atoms with Crippen LogP contribution in [0.1, 0.15) is 0 Å². The summed E-state index contributed by atoms with van der Waals surface area (Å²) in [6.45, 7) is 0. The predicted octanol–water partition coefficient (Wildman–Crippen LogP) is 0.528. The summed E-state index contributed by atoms with van der Waals surface area (Å²) in [5.74, 6) is 0. The predicted molar refractivity (Wildman–Crippen MR) is 63.4 cm³/mol. The van der Waals surface area contributed by atoms with Gasteiger partial charge in [0.25, 0.3) is 15.6 Å². The summed E-state index contributed by atoms with van der Waals surface area (Å²) in [6, 6.07) is 4.35. The lowest BCUT2D eigenvalue weighted by molar-refractivity contribution is 0.593. The van der Waals surface area contributed by atoms with Crippen molar-refractivity contribution in [2.45, 2.75) is 4.90 Å². The molecule has 0 spiro atoms. The number of nitrogens with one attached hydrogen (secondary N) is 2. The van der Waals surface area contributed by atoms with Gasteiger partial charge in [0.2, 0.25) is 0 Å². The highest BCUT2D eigenvalue weighted by atomic mass is 32.2. The largest absolute Gasteiger partial charge is 0.366 e. The molecule has 0 unspecified atom stereocenters. The van der Waals surface area contributed by atoms with E-state index in [1.165, 1.54) is 31.6 Å². The number of aromatic nitrogens is 2. The summed E-state index contributed by atoms with van der Waals surface area (Å²) in [5.41, 5.74) is -0.164. The van der Waals surface area contributed by atoms with Gasteiger partial charge in [0.05, 0.1) is 5.69 Å². The standard InChI is InChI=1S/C10H11N3O3S/c1-13(8-4-6-11-7-8)17(15,16)9-3-2-5-12-10(9)14/h2-7,11H,1H3,(H,12,14). The zero-order valence-electron chi connectivity index (χ0n) is 9.04. The second-order valence-corrected chi connectivity index (χ2v) is 5.34. The van der Waals surface area contributed by atoms with Crippen LogP contribution in [0.15, 0.2) is 46.5 Å². The Morgan fingerprint density at radius 3 is 2.59 bits per heavy atom. The molecule has 0 radical (unpaired) electrons. The van der Waals surface area contributed by atoms with Crippen LogP contribution in [-0.4, -0.2) is 25.4 Å². The topological polar surface area (TPSA) is 86.0 Å². The molecule has 90 valence electrons. The first-order valence-electron chi connectivity index (χ1n) is 4.83. The number of nitrogens with zero attached hydrogens (tertiary/aromatic N) is 1. The second-order valence-electron chi connectivity index (χ2n) is 3.41. The molecule has 0 atom stereocenters. The Bertz CT molecular complexity index is 658. The van der Waals surface area contributed by atoms with Crippen LogP contribution in [0.3, 0.4) is 0 Å². The van der Waals surface area contributed by atoms with Gasteiger partial charge < -0.3 is 9.97 Å². The smallest absolute Gasteiger partial charge is 0.269 e. The Hall–Kier alpha value is -2.02. The molecule has 6 nitrogen and oxygen atoms in total. The van der Waals surface area contributed by atoms with Gasteiger partial charge in [-0.15, -0.1) is 0 Å². The number of hydrogen-bond donors (Lipinski definition) is 2. The number of rotatable bonds is 3. The lowest BCUT2D eigenvalue weighted by Crippen LogP contribution is -2.30. The third-order valence-corrected chi connectivity index (χ3v) is 4.17. The van der Waals surface area contributed by atoms with E-state index in [0.717, 1.165) is 4.31 Å². The minimum absolute atomic E-state index is 0.274. The van der Waals surface area contributed by atoms with Crippen LogP contribution in [0.5, 0.6) is 0 Å². The van der Waals surface area contributed by atoms with Gasteiger partial charge in [-0.1, -0.05) is 0 Å². The van der Waals surface area contributed by atoms with E-state index in [2.05, 4.69) is 9.97 Å². The molecule has 2 aromatic heterocycles. The van der Waals surface area contributed by atoms with Crippen molar-refractivity contribution < 1.29 is 8.42 Å². The van der Waals surface area contributed by atoms with Crippen LogP contribution in [0.4, 0.5) is 5.69 Å². The molecule has 2 rings (SSSR count). The number of H-pyrrole nitrogens is 2. The molecule has 0 bridgehead atoms. The first kappa shape index (κ1) is 11.5. The molecular weight excluding hydrogens is 242 g/mol. The van der Waals surface area contributed by atoms with Crippen molar-refractivity contribution >= 4 is 15.7 Å². The van der Waals surface area contributed by atoms with E-state index in [0.29, 0.717) is 5.69 Å². The summed E-state index contributed by atoms with van der Waals surface area (Å²) in [5, 5.41) is 0. The highest BCUT2D eigenvalue weighted by Gasteiger charge is 2.24. The van der Waals surface area contributed by atoms with Crippen molar-refractivity contribution in [1.82, 2.24) is 9.97 Å². The van der Waals surface area contributed by atoms with Crippen molar-refractivity contribution in [1.29, 1.82) is 0 Å². The Morgan fingerprint density at radius 2 is 2.00 bits per heavy atom. The molecule has 0 aliphatic carbocycles. The van der Waals surface area contributed by atoms with Gasteiger partial charge in [-0.25, -0.2) is 8.42 Å². The van der Waals surface area contributed by atoms with Crippen molar-refractivity contribution in [3.05, 3.63) is 47.1 Å². The molecule has 0 aliphatic rings. The summed E-state index contributed by atoms with van der Waals surface area (Å²) in [7, 11) is -2.43. The van der Waals surface area contributed by atoms with Crippen LogP contribution in [0.25, 0.3) is 0 Å². The van der Waals surface area contributed by atoms with Crippen molar-refractivity contribution in [2.75, 3.05) is 11.4 Å². The zero-order chi connectivity index (χ0) is 12.5. The molecule has 7 heteroatoms. The van der Waals surface area contributed by atoms with Crippen molar-refractivity contribution in [2.24, 2.45) is 0 Å². The number of aromatic amines is 2. The normalized spacial score (nSPS) is 11.4. The Kier molecular flexibility index (Phi) is 2.76. The highest BCUT2D eigenvalue weighted by molar-refractivity contribution is 7.92. The fourth-order valence-electron chi connectivity index (χ4n) is 1.41. The average Bonchev–Trinajstić information content (AvgIpc) is 2.81. The van der Waals surface area contributed by atoms with E-state index in [4.69, 9.17) is 0 Å². The first-order valence-corrected chi connectivity index (χ1v) is 6.27. The first-order chi connectivity index (χ1) is 8.03. The van der Waals surface area contributed by atoms with Gasteiger partial charge in [-0.3, -0.25) is 9.10 Å². The van der Waals surface area contributed by atoms with Gasteiger partial charge in [0.15, 0.2) is 4.90 Å². The van der Waals surface area contributed by atoms with Crippen LogP contribution in [-0.2, 0) is 10.0 Å². The van der Waals surface area contributed by atoms with Gasteiger partial charge in [0.1, 0.15) is 0 Å². The van der Waals surface area contributed by atoms with Crippen LogP contribution in [0.2, 0.25) is 0 Å². The van der Waals surface area contributed by atoms with Gasteiger partial charge in [-0.2, -0.15) is 0 Å². The van der Waals surface area contributed by atoms with Gasteiger partial charge >= 0.3 is 0 Å². The highest BCUT2D eigenvalue weighted by Crippen LogP contribution is 2.18. The maximum atomic E-state index is 12.1. The molecule has 2 aromatic rings.